The zero-order valence-corrected chi connectivity index (χ0v) is 33.3. The fourth-order valence-electron chi connectivity index (χ4n) is 3.61. The van der Waals surface area contributed by atoms with E-state index in [9.17, 15) is 28.8 Å². The molecule has 2 atom stereocenters. The van der Waals surface area contributed by atoms with Gasteiger partial charge < -0.3 is 33.8 Å². The average molecular weight is 834 g/mol. The Labute approximate surface area is 339 Å². The van der Waals surface area contributed by atoms with Crippen LogP contribution in [-0.2, 0) is 26.1 Å². The zero-order chi connectivity index (χ0) is 42.7. The molecule has 0 aromatic carbocycles. The molecule has 0 radical (unpaired) electrons. The predicted octanol–water partition coefficient (Wildman–Crippen LogP) is 4.16. The maximum absolute atomic E-state index is 10.9. The Morgan fingerprint density at radius 1 is 0.897 bits per heavy atom. The molecule has 1 fully saturated rings. The Morgan fingerprint density at radius 3 is 1.72 bits per heavy atom. The van der Waals surface area contributed by atoms with Crippen LogP contribution in [0.15, 0.2) is 101 Å². The number of aromatic nitrogens is 5. The second kappa shape index (κ2) is 26.2. The number of nitrogens with zero attached hydrogens (tertiary/aromatic N) is 3. The molecule has 4 aromatic heterocycles. The Morgan fingerprint density at radius 2 is 1.50 bits per heavy atom. The van der Waals surface area contributed by atoms with Crippen molar-refractivity contribution in [1.82, 2.24) is 33.9 Å². The van der Waals surface area contributed by atoms with E-state index in [2.05, 4.69) is 37.5 Å². The van der Waals surface area contributed by atoms with Gasteiger partial charge in [0.1, 0.15) is 23.0 Å². The summed E-state index contributed by atoms with van der Waals surface area (Å²) in [5.41, 5.74) is 1.76. The number of carbonyl (C=O) groups is 2. The quantitative estimate of drug-likeness (QED) is 0.145. The monoisotopic (exact) mass is 833 g/mol. The first-order valence-corrected chi connectivity index (χ1v) is 17.2. The smallest absolute Gasteiger partial charge is 0.330 e. The minimum atomic E-state index is -0.620. The molecule has 6 N–H and O–H groups in total. The van der Waals surface area contributed by atoms with Crippen LogP contribution in [0.1, 0.15) is 64.1 Å². The predicted molar refractivity (Wildman–Crippen MR) is 220 cm³/mol. The van der Waals surface area contributed by atoms with Crippen LogP contribution in [-0.4, -0.2) is 64.1 Å². The lowest BCUT2D eigenvalue weighted by Gasteiger charge is -2.02. The number of ether oxygens (including phenoxy) is 2. The number of rotatable bonds is 0. The maximum atomic E-state index is 10.9. The second-order valence-corrected chi connectivity index (χ2v) is 12.4. The van der Waals surface area contributed by atoms with Gasteiger partial charge in [-0.3, -0.25) is 43.2 Å². The second-order valence-electron chi connectivity index (χ2n) is 11.8. The van der Waals surface area contributed by atoms with Crippen LogP contribution in [0.2, 0.25) is 0 Å². The SMILES string of the molecule is C.C.C=C1C=C(O)C(C)O1.C=C1NC(=O)C(C)O1.CC1=CC(=O)NC1.Cc1cnc(C)o1.Cc1cocc(C)c1=O.Cc1ns[nH]c1=O.Cn1c(O)cc(=O)[nH]c1=O. The minimum absolute atomic E-state index is 0. The number of aliphatic hydroxyl groups is 1. The Balaban J connectivity index is 0. The van der Waals surface area contributed by atoms with Crippen molar-refractivity contribution in [2.45, 2.75) is 82.5 Å². The molecule has 320 valence electrons. The van der Waals surface area contributed by atoms with Gasteiger partial charge >= 0.3 is 5.69 Å². The number of hydrogen-bond donors (Lipinski definition) is 6. The third-order valence-corrected chi connectivity index (χ3v) is 7.30. The van der Waals surface area contributed by atoms with Crippen molar-refractivity contribution in [3.63, 3.8) is 0 Å². The highest BCUT2D eigenvalue weighted by Crippen LogP contribution is 2.17. The standard InChI is InChI=1S/C7H8O2.C6H8O2.C5H6N2O3.C5H7NO2.2C5H7NO.C3H4N2OS.2CH4/c1-5-3-9-4-6(2)7(5)8;1-4-3-6(7)5(2)8-4;1-7-4(9)2-3(8)6-5(7)10;1-3-5(7)6-4(2)8-3;1-4-3-6-5(2)7-4;1-4-2-5(7)6-3-4;1-2-3(6)5-7-4-2;;/h3-4H,1-2H3;3,5,7H,1H2,2H3;2,9H,1H3,(H,6,8,10);3H,2H2,1H3,(H,6,7);3H,1-2H3;2H,3H2,1H3,(H,6,7);1H3,(H,5,6);2*1H4. The van der Waals surface area contributed by atoms with Crippen molar-refractivity contribution in [2.75, 3.05) is 6.54 Å². The van der Waals surface area contributed by atoms with Gasteiger partial charge in [0.2, 0.25) is 5.91 Å². The molecule has 0 bridgehead atoms. The summed E-state index contributed by atoms with van der Waals surface area (Å²) in [6, 6.07) is 0.932. The number of carbonyl (C=O) groups excluding carboxylic acids is 2. The lowest BCUT2D eigenvalue weighted by atomic mass is 10.2. The number of oxazole rings is 1. The molecular weight excluding hydrogens is 779 g/mol. The number of aromatic hydroxyl groups is 1. The summed E-state index contributed by atoms with van der Waals surface area (Å²) in [6.45, 7) is 21.8. The van der Waals surface area contributed by atoms with Gasteiger partial charge in [0.25, 0.3) is 17.0 Å². The van der Waals surface area contributed by atoms with E-state index in [1.54, 1.807) is 46.9 Å². The van der Waals surface area contributed by atoms with Crippen molar-refractivity contribution in [3.05, 3.63) is 143 Å². The molecule has 0 saturated carbocycles. The van der Waals surface area contributed by atoms with Gasteiger partial charge in [0, 0.05) is 55.5 Å². The number of H-pyrrole nitrogens is 2. The van der Waals surface area contributed by atoms with Crippen LogP contribution < -0.4 is 32.9 Å². The topological polar surface area (TPSA) is 274 Å². The molecule has 7 heterocycles. The third kappa shape index (κ3) is 20.3. The number of hydrogen-bond acceptors (Lipinski definition) is 15. The summed E-state index contributed by atoms with van der Waals surface area (Å²) < 4.78 is 26.6. The van der Waals surface area contributed by atoms with Crippen molar-refractivity contribution >= 4 is 23.5 Å². The van der Waals surface area contributed by atoms with E-state index in [0.29, 0.717) is 28.5 Å². The van der Waals surface area contributed by atoms with E-state index in [4.69, 9.17) is 28.5 Å². The van der Waals surface area contributed by atoms with Gasteiger partial charge in [-0.15, -0.1) is 0 Å². The van der Waals surface area contributed by atoms with Crippen LogP contribution in [0.4, 0.5) is 0 Å². The fourth-order valence-corrected chi connectivity index (χ4v) is 4.10. The highest BCUT2D eigenvalue weighted by molar-refractivity contribution is 6.99. The van der Waals surface area contributed by atoms with Crippen LogP contribution in [0.5, 0.6) is 5.88 Å². The summed E-state index contributed by atoms with van der Waals surface area (Å²) in [5, 5.41) is 22.7. The number of allylic oxidation sites excluding steroid dienone is 1. The maximum Gasteiger partial charge on any atom is 0.330 e. The Kier molecular flexibility index (Phi) is 24.1. The van der Waals surface area contributed by atoms with Gasteiger partial charge in [-0.05, 0) is 60.6 Å². The molecule has 0 aliphatic carbocycles. The Bertz CT molecular complexity index is 2220. The van der Waals surface area contributed by atoms with Gasteiger partial charge in [0.15, 0.2) is 35.3 Å². The summed E-state index contributed by atoms with van der Waals surface area (Å²) in [7, 11) is 1.35. The molecule has 7 rings (SSSR count). The molecule has 4 aromatic rings. The number of amides is 2. The van der Waals surface area contributed by atoms with Crippen LogP contribution >= 0.6 is 11.7 Å². The van der Waals surface area contributed by atoms with Crippen LogP contribution in [0.3, 0.4) is 0 Å². The largest absolute Gasteiger partial charge is 0.508 e. The number of nitrogens with one attached hydrogen (secondary N) is 4. The summed E-state index contributed by atoms with van der Waals surface area (Å²) in [5.74, 6) is 2.34. The molecule has 3 aliphatic rings. The first-order valence-electron chi connectivity index (χ1n) is 16.4. The van der Waals surface area contributed by atoms with Crippen molar-refractivity contribution in [2.24, 2.45) is 7.05 Å². The van der Waals surface area contributed by atoms with Crippen molar-refractivity contribution in [3.8, 4) is 5.88 Å². The first-order chi connectivity index (χ1) is 26.1. The van der Waals surface area contributed by atoms with Gasteiger partial charge in [-0.1, -0.05) is 21.4 Å². The van der Waals surface area contributed by atoms with Crippen molar-refractivity contribution in [1.29, 1.82) is 0 Å². The van der Waals surface area contributed by atoms with E-state index in [-0.39, 0.29) is 61.5 Å². The zero-order valence-electron chi connectivity index (χ0n) is 32.5. The number of aliphatic hydroxyl groups excluding tert-OH is 1. The van der Waals surface area contributed by atoms with Crippen LogP contribution in [0, 0.1) is 34.6 Å². The highest BCUT2D eigenvalue weighted by atomic mass is 32.1. The van der Waals surface area contributed by atoms with E-state index in [1.165, 1.54) is 25.7 Å². The lowest BCUT2D eigenvalue weighted by molar-refractivity contribution is -0.122. The molecule has 0 spiro atoms. The lowest BCUT2D eigenvalue weighted by Crippen LogP contribution is -2.26. The summed E-state index contributed by atoms with van der Waals surface area (Å²) in [4.78, 5) is 68.8. The summed E-state index contributed by atoms with van der Waals surface area (Å²) >= 11 is 1.08. The molecule has 19 nitrogen and oxygen atoms in total. The van der Waals surface area contributed by atoms with E-state index in [0.717, 1.165) is 46.1 Å². The third-order valence-electron chi connectivity index (χ3n) is 6.65. The molecule has 3 aliphatic heterocycles. The fraction of sp³-hybridized carbons (Fsp3) is 0.368. The molecule has 2 amide bonds. The van der Waals surface area contributed by atoms with Gasteiger partial charge in [0.05, 0.1) is 24.8 Å². The van der Waals surface area contributed by atoms with E-state index < -0.39 is 11.2 Å². The van der Waals surface area contributed by atoms with E-state index >= 15 is 0 Å². The van der Waals surface area contributed by atoms with Crippen LogP contribution in [0.25, 0.3) is 0 Å². The van der Waals surface area contributed by atoms with Crippen molar-refractivity contribution < 1.29 is 38.1 Å². The minimum Gasteiger partial charge on any atom is -0.508 e. The highest BCUT2D eigenvalue weighted by Gasteiger charge is 2.22. The first kappa shape index (κ1) is 53.4. The van der Waals surface area contributed by atoms with E-state index in [1.807, 2.05) is 25.8 Å². The number of aromatic amines is 2. The number of aryl methyl sites for hydroxylation is 5. The molecular formula is C38H55N7O12S. The average Bonchev–Trinajstić information content (AvgIpc) is 3.93. The van der Waals surface area contributed by atoms with Gasteiger partial charge in [-0.25, -0.2) is 9.78 Å². The molecule has 58 heavy (non-hydrogen) atoms. The molecule has 20 heteroatoms. The summed E-state index contributed by atoms with van der Waals surface area (Å²) in [6.07, 6.45) is 7.19. The normalized spacial score (nSPS) is 15.3. The van der Waals surface area contributed by atoms with Gasteiger partial charge in [-0.2, -0.15) is 4.37 Å². The Hall–Kier alpha value is -6.70. The molecule has 2 unspecified atom stereocenters. The molecule has 1 saturated heterocycles.